The molecule has 3 heteroatoms. The van der Waals surface area contributed by atoms with Gasteiger partial charge >= 0.3 is 0 Å². The summed E-state index contributed by atoms with van der Waals surface area (Å²) in [5, 5.41) is 11.7. The summed E-state index contributed by atoms with van der Waals surface area (Å²) < 4.78 is 0. The Morgan fingerprint density at radius 2 is 2.23 bits per heavy atom. The van der Waals surface area contributed by atoms with Crippen molar-refractivity contribution in [2.75, 3.05) is 6.61 Å². The molecule has 1 aliphatic carbocycles. The highest BCUT2D eigenvalue weighted by Crippen LogP contribution is 2.51. The van der Waals surface area contributed by atoms with Gasteiger partial charge in [-0.1, -0.05) is 20.8 Å². The fraction of sp³-hybridized carbons (Fsp3) is 0.900. The average Bonchev–Trinajstić information content (AvgIpc) is 2.70. The number of rotatable bonds is 4. The van der Waals surface area contributed by atoms with Crippen molar-refractivity contribution in [3.63, 3.8) is 0 Å². The molecule has 1 rings (SSSR count). The summed E-state index contributed by atoms with van der Waals surface area (Å²) >= 11 is 0. The maximum absolute atomic E-state index is 11.5. The van der Waals surface area contributed by atoms with Gasteiger partial charge in [0.15, 0.2) is 0 Å². The summed E-state index contributed by atoms with van der Waals surface area (Å²) in [6.07, 6.45) is 1.76. The van der Waals surface area contributed by atoms with E-state index in [2.05, 4.69) is 19.2 Å². The lowest BCUT2D eigenvalue weighted by Crippen LogP contribution is -2.38. The van der Waals surface area contributed by atoms with Crippen LogP contribution in [0.5, 0.6) is 0 Å². The Morgan fingerprint density at radius 3 is 2.54 bits per heavy atom. The molecule has 2 atom stereocenters. The third-order valence-corrected chi connectivity index (χ3v) is 2.89. The lowest BCUT2D eigenvalue weighted by Gasteiger charge is -2.14. The molecule has 1 amide bonds. The van der Waals surface area contributed by atoms with Gasteiger partial charge in [-0.3, -0.25) is 4.79 Å². The topological polar surface area (TPSA) is 49.3 Å². The van der Waals surface area contributed by atoms with Crippen LogP contribution in [-0.4, -0.2) is 23.7 Å². The Labute approximate surface area is 79.5 Å². The quantitative estimate of drug-likeness (QED) is 0.684. The molecule has 0 aliphatic heterocycles. The Hall–Kier alpha value is -0.570. The molecule has 0 bridgehead atoms. The van der Waals surface area contributed by atoms with Crippen molar-refractivity contribution in [3.05, 3.63) is 0 Å². The van der Waals surface area contributed by atoms with E-state index in [0.717, 1.165) is 12.8 Å². The predicted octanol–water partition coefficient (Wildman–Crippen LogP) is 0.920. The van der Waals surface area contributed by atoms with Gasteiger partial charge in [-0.15, -0.1) is 0 Å². The molecule has 0 radical (unpaired) electrons. The molecule has 0 aromatic carbocycles. The Bertz CT molecular complexity index is 197. The monoisotopic (exact) mass is 185 g/mol. The summed E-state index contributed by atoms with van der Waals surface area (Å²) in [4.78, 5) is 11.5. The summed E-state index contributed by atoms with van der Waals surface area (Å²) in [7, 11) is 0. The number of hydrogen-bond acceptors (Lipinski definition) is 2. The summed E-state index contributed by atoms with van der Waals surface area (Å²) in [5.41, 5.74) is 0.178. The number of aliphatic hydroxyl groups is 1. The van der Waals surface area contributed by atoms with Crippen LogP contribution in [0.15, 0.2) is 0 Å². The van der Waals surface area contributed by atoms with Crippen LogP contribution in [0.2, 0.25) is 0 Å². The van der Waals surface area contributed by atoms with Crippen LogP contribution in [0.25, 0.3) is 0 Å². The van der Waals surface area contributed by atoms with E-state index in [0.29, 0.717) is 0 Å². The second-order valence-corrected chi connectivity index (χ2v) is 4.54. The first-order valence-electron chi connectivity index (χ1n) is 4.92. The predicted molar refractivity (Wildman–Crippen MR) is 51.2 cm³/mol. The Kier molecular flexibility index (Phi) is 2.96. The normalized spacial score (nSPS) is 26.6. The fourth-order valence-corrected chi connectivity index (χ4v) is 1.49. The molecule has 76 valence electrons. The van der Waals surface area contributed by atoms with Crippen LogP contribution in [0.1, 0.15) is 33.6 Å². The van der Waals surface area contributed by atoms with E-state index in [4.69, 9.17) is 5.11 Å². The van der Waals surface area contributed by atoms with Crippen LogP contribution in [0.4, 0.5) is 0 Å². The van der Waals surface area contributed by atoms with Crippen molar-refractivity contribution in [3.8, 4) is 0 Å². The minimum atomic E-state index is -0.0658. The number of hydrogen-bond donors (Lipinski definition) is 2. The minimum Gasteiger partial charge on any atom is -0.394 e. The van der Waals surface area contributed by atoms with Crippen molar-refractivity contribution >= 4 is 5.91 Å². The highest BCUT2D eigenvalue weighted by Gasteiger charge is 2.50. The van der Waals surface area contributed by atoms with Crippen LogP contribution < -0.4 is 5.32 Å². The third kappa shape index (κ3) is 2.44. The molecule has 1 saturated carbocycles. The first-order valence-corrected chi connectivity index (χ1v) is 4.92. The maximum Gasteiger partial charge on any atom is 0.223 e. The lowest BCUT2D eigenvalue weighted by atomic mass is 10.1. The summed E-state index contributed by atoms with van der Waals surface area (Å²) in [6.45, 7) is 6.18. The molecule has 0 spiro atoms. The van der Waals surface area contributed by atoms with Gasteiger partial charge in [0.25, 0.3) is 0 Å². The zero-order valence-electron chi connectivity index (χ0n) is 8.63. The van der Waals surface area contributed by atoms with Crippen LogP contribution in [-0.2, 0) is 4.79 Å². The van der Waals surface area contributed by atoms with Gasteiger partial charge in [0, 0.05) is 5.92 Å². The molecular formula is C10H19NO2. The van der Waals surface area contributed by atoms with Crippen molar-refractivity contribution in [1.29, 1.82) is 0 Å². The van der Waals surface area contributed by atoms with Gasteiger partial charge in [0.2, 0.25) is 5.91 Å². The largest absolute Gasteiger partial charge is 0.394 e. The number of aliphatic hydroxyl groups excluding tert-OH is 1. The van der Waals surface area contributed by atoms with Crippen molar-refractivity contribution in [2.45, 2.75) is 39.7 Å². The Morgan fingerprint density at radius 1 is 1.69 bits per heavy atom. The number of carbonyl (C=O) groups excluding carboxylic acids is 1. The molecule has 13 heavy (non-hydrogen) atoms. The molecule has 0 aromatic rings. The van der Waals surface area contributed by atoms with E-state index in [1.165, 1.54) is 0 Å². The number of nitrogens with one attached hydrogen (secondary N) is 1. The smallest absolute Gasteiger partial charge is 0.223 e. The second-order valence-electron chi connectivity index (χ2n) is 4.54. The molecular weight excluding hydrogens is 166 g/mol. The first kappa shape index (κ1) is 10.5. The maximum atomic E-state index is 11.5. The molecule has 3 nitrogen and oxygen atoms in total. The van der Waals surface area contributed by atoms with Gasteiger partial charge in [0.1, 0.15) is 0 Å². The standard InChI is InChI=1S/C10H19NO2/c1-4-7(6-12)11-9(13)8-5-10(8,2)3/h7-8,12H,4-6H2,1-3H3,(H,11,13)/t7-,8?/m0/s1. The lowest BCUT2D eigenvalue weighted by molar-refractivity contribution is -0.124. The zero-order valence-corrected chi connectivity index (χ0v) is 8.63. The van der Waals surface area contributed by atoms with E-state index >= 15 is 0 Å². The minimum absolute atomic E-state index is 0.0371. The SMILES string of the molecule is CC[C@@H](CO)NC(=O)C1CC1(C)C. The molecule has 1 aliphatic rings. The molecule has 1 unspecified atom stereocenters. The summed E-state index contributed by atoms with van der Waals surface area (Å²) in [6, 6.07) is -0.0658. The van der Waals surface area contributed by atoms with Gasteiger partial charge < -0.3 is 10.4 Å². The highest BCUT2D eigenvalue weighted by molar-refractivity contribution is 5.82. The van der Waals surface area contributed by atoms with Crippen LogP contribution in [0.3, 0.4) is 0 Å². The van der Waals surface area contributed by atoms with E-state index in [1.807, 2.05) is 6.92 Å². The third-order valence-electron chi connectivity index (χ3n) is 2.89. The number of carbonyl (C=O) groups is 1. The summed E-state index contributed by atoms with van der Waals surface area (Å²) in [5.74, 6) is 0.263. The number of amides is 1. The first-order chi connectivity index (χ1) is 6.01. The fourth-order valence-electron chi connectivity index (χ4n) is 1.49. The van der Waals surface area contributed by atoms with E-state index in [1.54, 1.807) is 0 Å². The average molecular weight is 185 g/mol. The zero-order chi connectivity index (χ0) is 10.1. The van der Waals surface area contributed by atoms with Gasteiger partial charge in [-0.25, -0.2) is 0 Å². The highest BCUT2D eigenvalue weighted by atomic mass is 16.3. The molecule has 1 fully saturated rings. The second kappa shape index (κ2) is 3.66. The molecule has 0 heterocycles. The van der Waals surface area contributed by atoms with Crippen LogP contribution >= 0.6 is 0 Å². The van der Waals surface area contributed by atoms with Gasteiger partial charge in [0.05, 0.1) is 12.6 Å². The molecule has 2 N–H and O–H groups in total. The van der Waals surface area contributed by atoms with Gasteiger partial charge in [-0.05, 0) is 18.3 Å². The molecule has 0 saturated heterocycles. The Balaban J connectivity index is 2.34. The van der Waals surface area contributed by atoms with E-state index in [9.17, 15) is 4.79 Å². The molecule has 0 aromatic heterocycles. The van der Waals surface area contributed by atoms with Crippen molar-refractivity contribution in [1.82, 2.24) is 5.32 Å². The van der Waals surface area contributed by atoms with Crippen molar-refractivity contribution < 1.29 is 9.90 Å². The van der Waals surface area contributed by atoms with E-state index < -0.39 is 0 Å². The van der Waals surface area contributed by atoms with Crippen molar-refractivity contribution in [2.24, 2.45) is 11.3 Å². The van der Waals surface area contributed by atoms with E-state index in [-0.39, 0.29) is 29.9 Å². The van der Waals surface area contributed by atoms with Crippen LogP contribution in [0, 0.1) is 11.3 Å². The van der Waals surface area contributed by atoms with Gasteiger partial charge in [-0.2, -0.15) is 0 Å².